The lowest BCUT2D eigenvalue weighted by molar-refractivity contribution is 0.506. The van der Waals surface area contributed by atoms with Crippen molar-refractivity contribution in [2.24, 2.45) is 0 Å². The largest absolute Gasteiger partial charge is 0.253 e. The summed E-state index contributed by atoms with van der Waals surface area (Å²) in [7, 11) is -3.61. The maximum Gasteiger partial charge on any atom is 0.253 e. The molecule has 2 rings (SSSR count). The van der Waals surface area contributed by atoms with Gasteiger partial charge >= 0.3 is 0 Å². The first-order valence-electron chi connectivity index (χ1n) is 6.75. The molecule has 6 heteroatoms. The molecule has 0 spiro atoms. The molecule has 3 nitrogen and oxygen atoms in total. The number of benzene rings is 2. The highest BCUT2D eigenvalue weighted by atomic mass is 79.9. The van der Waals surface area contributed by atoms with Gasteiger partial charge in [-0.2, -0.15) is 0 Å². The molecule has 0 saturated heterocycles. The summed E-state index contributed by atoms with van der Waals surface area (Å²) in [5.74, 6) is 0. The number of hydrogen-bond donors (Lipinski definition) is 0. The van der Waals surface area contributed by atoms with Gasteiger partial charge in [0.15, 0.2) is 0 Å². The summed E-state index contributed by atoms with van der Waals surface area (Å²) in [6.07, 6.45) is 0. The average molecular weight is 447 g/mol. The van der Waals surface area contributed by atoms with Gasteiger partial charge in [-0.25, -0.2) is 8.42 Å². The van der Waals surface area contributed by atoms with E-state index >= 15 is 0 Å². The van der Waals surface area contributed by atoms with Gasteiger partial charge in [0.2, 0.25) is 0 Å². The average Bonchev–Trinajstić information content (AvgIpc) is 2.50. The number of hydrogen-bond acceptors (Lipinski definition) is 2. The third kappa shape index (κ3) is 3.79. The van der Waals surface area contributed by atoms with Crippen molar-refractivity contribution in [3.05, 3.63) is 65.2 Å². The summed E-state index contributed by atoms with van der Waals surface area (Å²) >= 11 is 6.66. The first kappa shape index (κ1) is 17.7. The van der Waals surface area contributed by atoms with Crippen molar-refractivity contribution >= 4 is 42.1 Å². The molecule has 2 aromatic carbocycles. The minimum Gasteiger partial charge on any atom is -0.206 e. The SMILES string of the molecule is Cc1ccc(C(CBr)N(Br)S(=O)(=O)c2ccc(C)cc2)cc1. The molecule has 1 atom stereocenters. The summed E-state index contributed by atoms with van der Waals surface area (Å²) in [4.78, 5) is 0.271. The van der Waals surface area contributed by atoms with Gasteiger partial charge in [-0.1, -0.05) is 63.5 Å². The zero-order valence-corrected chi connectivity index (χ0v) is 16.3. The van der Waals surface area contributed by atoms with Crippen molar-refractivity contribution in [1.29, 1.82) is 0 Å². The molecule has 0 aliphatic heterocycles. The van der Waals surface area contributed by atoms with Crippen LogP contribution in [0.25, 0.3) is 0 Å². The van der Waals surface area contributed by atoms with Crippen LogP contribution in [0.5, 0.6) is 0 Å². The van der Waals surface area contributed by atoms with E-state index in [1.54, 1.807) is 24.3 Å². The van der Waals surface area contributed by atoms with E-state index < -0.39 is 10.0 Å². The molecule has 0 aromatic heterocycles. The van der Waals surface area contributed by atoms with Crippen LogP contribution in [-0.2, 0) is 10.0 Å². The molecule has 0 fully saturated rings. The molecule has 2 aromatic rings. The highest BCUT2D eigenvalue weighted by Crippen LogP contribution is 2.32. The van der Waals surface area contributed by atoms with Gasteiger partial charge in [-0.05, 0) is 31.5 Å². The van der Waals surface area contributed by atoms with Gasteiger partial charge in [0.05, 0.1) is 10.9 Å². The van der Waals surface area contributed by atoms with Gasteiger partial charge in [0.1, 0.15) is 0 Å². The van der Waals surface area contributed by atoms with Crippen LogP contribution in [0, 0.1) is 13.8 Å². The first-order valence-corrected chi connectivity index (χ1v) is 10.0. The molecule has 0 bridgehead atoms. The second kappa shape index (κ2) is 7.25. The smallest absolute Gasteiger partial charge is 0.206 e. The van der Waals surface area contributed by atoms with Crippen LogP contribution >= 0.6 is 32.1 Å². The summed E-state index contributed by atoms with van der Waals surface area (Å²) in [5, 5.41) is 0.492. The van der Waals surface area contributed by atoms with Crippen molar-refractivity contribution in [3.63, 3.8) is 0 Å². The molecular weight excluding hydrogens is 430 g/mol. The molecule has 118 valence electrons. The topological polar surface area (TPSA) is 37.4 Å². The van der Waals surface area contributed by atoms with Crippen molar-refractivity contribution in [1.82, 2.24) is 3.33 Å². The van der Waals surface area contributed by atoms with E-state index in [4.69, 9.17) is 0 Å². The lowest BCUT2D eigenvalue weighted by Gasteiger charge is -2.24. The van der Waals surface area contributed by atoms with Crippen LogP contribution in [0.15, 0.2) is 53.4 Å². The monoisotopic (exact) mass is 445 g/mol. The van der Waals surface area contributed by atoms with Crippen LogP contribution in [0.3, 0.4) is 0 Å². The van der Waals surface area contributed by atoms with Gasteiger partial charge in [-0.3, -0.25) is 0 Å². The van der Waals surface area contributed by atoms with Crippen LogP contribution in [-0.4, -0.2) is 17.1 Å². The molecule has 1 unspecified atom stereocenters. The van der Waals surface area contributed by atoms with Gasteiger partial charge in [0.25, 0.3) is 10.0 Å². The van der Waals surface area contributed by atoms with Gasteiger partial charge in [-0.15, -0.1) is 3.33 Å². The first-order chi connectivity index (χ1) is 10.4. The minimum absolute atomic E-state index is 0.271. The molecule has 22 heavy (non-hydrogen) atoms. The van der Waals surface area contributed by atoms with Crippen molar-refractivity contribution in [2.75, 3.05) is 5.33 Å². The summed E-state index contributed by atoms with van der Waals surface area (Å²) in [6.45, 7) is 3.93. The summed E-state index contributed by atoms with van der Waals surface area (Å²) in [6, 6.07) is 14.4. The fourth-order valence-electron chi connectivity index (χ4n) is 2.03. The summed E-state index contributed by atoms with van der Waals surface area (Å²) in [5.41, 5.74) is 3.09. The quantitative estimate of drug-likeness (QED) is 0.491. The molecule has 0 radical (unpaired) electrons. The maximum atomic E-state index is 12.7. The zero-order chi connectivity index (χ0) is 16.3. The molecule has 0 heterocycles. The lowest BCUT2D eigenvalue weighted by atomic mass is 10.1. The highest BCUT2D eigenvalue weighted by molar-refractivity contribution is 9.09. The van der Waals surface area contributed by atoms with Crippen LogP contribution in [0.2, 0.25) is 0 Å². The number of sulfonamides is 1. The Morgan fingerprint density at radius 2 is 1.41 bits per heavy atom. The normalized spacial score (nSPS) is 13.3. The second-order valence-corrected chi connectivity index (χ2v) is 8.84. The van der Waals surface area contributed by atoms with Crippen LogP contribution < -0.4 is 0 Å². The predicted molar refractivity (Wildman–Crippen MR) is 96.8 cm³/mol. The van der Waals surface area contributed by atoms with E-state index in [-0.39, 0.29) is 10.9 Å². The number of halogens is 2. The number of rotatable bonds is 5. The van der Waals surface area contributed by atoms with Crippen LogP contribution in [0.4, 0.5) is 0 Å². The van der Waals surface area contributed by atoms with Crippen LogP contribution in [0.1, 0.15) is 22.7 Å². The van der Waals surface area contributed by atoms with Crippen molar-refractivity contribution < 1.29 is 8.42 Å². The fraction of sp³-hybridized carbons (Fsp3) is 0.250. The van der Waals surface area contributed by atoms with Crippen molar-refractivity contribution in [3.8, 4) is 0 Å². The van der Waals surface area contributed by atoms with E-state index in [0.717, 1.165) is 16.7 Å². The molecule has 0 amide bonds. The molecule has 0 aliphatic rings. The molecule has 0 saturated carbocycles. The Morgan fingerprint density at radius 1 is 0.955 bits per heavy atom. The van der Waals surface area contributed by atoms with E-state index in [9.17, 15) is 8.42 Å². The Morgan fingerprint density at radius 3 is 1.86 bits per heavy atom. The van der Waals surface area contributed by atoms with E-state index in [2.05, 4.69) is 32.1 Å². The molecule has 0 N–H and O–H groups in total. The van der Waals surface area contributed by atoms with E-state index in [1.807, 2.05) is 38.1 Å². The zero-order valence-electron chi connectivity index (χ0n) is 12.3. The van der Waals surface area contributed by atoms with Crippen molar-refractivity contribution in [2.45, 2.75) is 24.8 Å². The Labute approximate surface area is 148 Å². The Bertz CT molecular complexity index is 728. The van der Waals surface area contributed by atoms with E-state index in [1.165, 1.54) is 3.33 Å². The summed E-state index contributed by atoms with van der Waals surface area (Å²) < 4.78 is 26.7. The fourth-order valence-corrected chi connectivity index (χ4v) is 5.37. The number of nitrogens with zero attached hydrogens (tertiary/aromatic N) is 1. The van der Waals surface area contributed by atoms with E-state index in [0.29, 0.717) is 5.33 Å². The Balaban J connectivity index is 2.36. The lowest BCUT2D eigenvalue weighted by Crippen LogP contribution is -2.27. The predicted octanol–water partition coefficient (Wildman–Crippen LogP) is 4.74. The standard InChI is InChI=1S/C16H17Br2NO2S/c1-12-3-7-14(8-4-12)16(11-17)19(18)22(20,21)15-9-5-13(2)6-10-15/h3-10,16H,11H2,1-2H3. The van der Waals surface area contributed by atoms with Gasteiger partial charge < -0.3 is 0 Å². The second-order valence-electron chi connectivity index (χ2n) is 5.14. The van der Waals surface area contributed by atoms with Gasteiger partial charge in [0, 0.05) is 21.5 Å². The third-order valence-corrected chi connectivity index (χ3v) is 7.23. The Kier molecular flexibility index (Phi) is 5.82. The Hall–Kier alpha value is -0.690. The molecular formula is C16H17Br2NO2S. The maximum absolute atomic E-state index is 12.7. The highest BCUT2D eigenvalue weighted by Gasteiger charge is 2.30. The molecule has 0 aliphatic carbocycles. The minimum atomic E-state index is -3.61. The number of alkyl halides is 1. The third-order valence-electron chi connectivity index (χ3n) is 3.40. The number of aryl methyl sites for hydroxylation is 2.